The average molecular weight is 345 g/mol. The zero-order valence-corrected chi connectivity index (χ0v) is 12.9. The molecule has 0 atom stereocenters. The predicted octanol–water partition coefficient (Wildman–Crippen LogP) is 2.67. The second-order valence-corrected chi connectivity index (χ2v) is 4.58. The van der Waals surface area contributed by atoms with Crippen LogP contribution in [0, 0.1) is 6.92 Å². The number of hydrogen-bond acceptors (Lipinski definition) is 5. The maximum absolute atomic E-state index is 12.2. The molecule has 0 unspecified atom stereocenters. The summed E-state index contributed by atoms with van der Waals surface area (Å²) < 4.78 is 46.7. The third-order valence-corrected chi connectivity index (χ3v) is 2.79. The lowest BCUT2D eigenvalue weighted by Gasteiger charge is -2.10. The fourth-order valence-corrected chi connectivity index (χ4v) is 1.94. The number of ether oxygens (including phenoxy) is 2. The Hall–Kier alpha value is -2.98. The SMILES string of the molecule is COc1c(NC(=O)Nc2cccc(OC(F)(F)F)n2)c(C)nn1C. The van der Waals surface area contributed by atoms with E-state index in [-0.39, 0.29) is 5.82 Å². The zero-order chi connectivity index (χ0) is 17.9. The smallest absolute Gasteiger partial charge is 0.480 e. The summed E-state index contributed by atoms with van der Waals surface area (Å²) in [7, 11) is 3.05. The fraction of sp³-hybridized carbons (Fsp3) is 0.308. The van der Waals surface area contributed by atoms with Gasteiger partial charge in [0.1, 0.15) is 11.5 Å². The highest BCUT2D eigenvalue weighted by Crippen LogP contribution is 2.27. The van der Waals surface area contributed by atoms with E-state index in [2.05, 4.69) is 25.5 Å². The molecule has 0 aromatic carbocycles. The van der Waals surface area contributed by atoms with Crippen molar-refractivity contribution in [3.63, 3.8) is 0 Å². The maximum Gasteiger partial charge on any atom is 0.574 e. The summed E-state index contributed by atoms with van der Waals surface area (Å²) in [5, 5.41) is 8.89. The molecule has 0 aliphatic heterocycles. The minimum Gasteiger partial charge on any atom is -0.480 e. The van der Waals surface area contributed by atoms with Gasteiger partial charge in [0.2, 0.25) is 11.8 Å². The van der Waals surface area contributed by atoms with E-state index >= 15 is 0 Å². The number of carbonyl (C=O) groups excluding carboxylic acids is 1. The number of nitrogens with zero attached hydrogens (tertiary/aromatic N) is 3. The number of amides is 2. The lowest BCUT2D eigenvalue weighted by Crippen LogP contribution is -2.22. The number of halogens is 3. The van der Waals surface area contributed by atoms with Gasteiger partial charge in [-0.25, -0.2) is 9.48 Å². The van der Waals surface area contributed by atoms with Crippen LogP contribution in [0.15, 0.2) is 18.2 Å². The summed E-state index contributed by atoms with van der Waals surface area (Å²) in [6.07, 6.45) is -4.87. The molecule has 0 aliphatic carbocycles. The number of aryl methyl sites for hydroxylation is 2. The van der Waals surface area contributed by atoms with Gasteiger partial charge in [0.05, 0.1) is 12.8 Å². The number of methoxy groups -OCH3 is 1. The van der Waals surface area contributed by atoms with Crippen LogP contribution in [0.1, 0.15) is 5.69 Å². The van der Waals surface area contributed by atoms with Crippen LogP contribution < -0.4 is 20.1 Å². The average Bonchev–Trinajstić information content (AvgIpc) is 2.71. The molecule has 2 aromatic heterocycles. The number of carbonyl (C=O) groups is 1. The number of hydrogen-bond donors (Lipinski definition) is 2. The first kappa shape index (κ1) is 17.4. The van der Waals surface area contributed by atoms with Gasteiger partial charge in [-0.3, -0.25) is 5.32 Å². The first-order chi connectivity index (χ1) is 11.2. The first-order valence-electron chi connectivity index (χ1n) is 6.58. The van der Waals surface area contributed by atoms with Crippen molar-refractivity contribution in [1.29, 1.82) is 0 Å². The quantitative estimate of drug-likeness (QED) is 0.889. The normalized spacial score (nSPS) is 11.1. The molecule has 0 radical (unpaired) electrons. The van der Waals surface area contributed by atoms with E-state index in [1.54, 1.807) is 14.0 Å². The Bertz CT molecular complexity index is 745. The monoisotopic (exact) mass is 345 g/mol. The second kappa shape index (κ2) is 6.64. The van der Waals surface area contributed by atoms with Gasteiger partial charge >= 0.3 is 12.4 Å². The van der Waals surface area contributed by atoms with E-state index < -0.39 is 18.3 Å². The van der Waals surface area contributed by atoms with Gasteiger partial charge in [0.15, 0.2) is 0 Å². The van der Waals surface area contributed by atoms with Gasteiger partial charge < -0.3 is 14.8 Å². The van der Waals surface area contributed by atoms with Crippen LogP contribution >= 0.6 is 0 Å². The molecule has 2 rings (SSSR count). The molecule has 130 valence electrons. The topological polar surface area (TPSA) is 90.3 Å². The fourth-order valence-electron chi connectivity index (χ4n) is 1.94. The Balaban J connectivity index is 2.09. The highest BCUT2D eigenvalue weighted by Gasteiger charge is 2.31. The van der Waals surface area contributed by atoms with Crippen molar-refractivity contribution in [3.05, 3.63) is 23.9 Å². The Morgan fingerprint density at radius 3 is 2.62 bits per heavy atom. The molecule has 2 heterocycles. The standard InChI is InChI=1S/C13H14F3N5O3/c1-7-10(11(23-3)21(2)20-7)19-12(22)18-8-5-4-6-9(17-8)24-13(14,15)16/h4-6H,1-3H3,(H2,17,18,19,22). The van der Waals surface area contributed by atoms with Crippen LogP contribution in [-0.4, -0.2) is 34.3 Å². The van der Waals surface area contributed by atoms with Crippen LogP contribution in [0.5, 0.6) is 11.8 Å². The number of aromatic nitrogens is 3. The lowest BCUT2D eigenvalue weighted by molar-refractivity contribution is -0.276. The minimum absolute atomic E-state index is 0.116. The molecule has 0 spiro atoms. The number of rotatable bonds is 4. The molecule has 2 aromatic rings. The van der Waals surface area contributed by atoms with Crippen molar-refractivity contribution >= 4 is 17.5 Å². The number of pyridine rings is 1. The van der Waals surface area contributed by atoms with E-state index in [0.717, 1.165) is 6.07 Å². The van der Waals surface area contributed by atoms with Gasteiger partial charge in [-0.15, -0.1) is 13.2 Å². The van der Waals surface area contributed by atoms with Crippen LogP contribution in [0.4, 0.5) is 29.5 Å². The molecule has 0 saturated carbocycles. The number of nitrogens with one attached hydrogen (secondary N) is 2. The molecule has 24 heavy (non-hydrogen) atoms. The highest BCUT2D eigenvalue weighted by atomic mass is 19.4. The molecule has 0 saturated heterocycles. The molecule has 11 heteroatoms. The van der Waals surface area contributed by atoms with Gasteiger partial charge in [-0.2, -0.15) is 10.1 Å². The van der Waals surface area contributed by atoms with Crippen LogP contribution in [0.3, 0.4) is 0 Å². The first-order valence-corrected chi connectivity index (χ1v) is 6.58. The molecule has 2 amide bonds. The Morgan fingerprint density at radius 1 is 1.29 bits per heavy atom. The van der Waals surface area contributed by atoms with Crippen molar-refractivity contribution in [2.24, 2.45) is 7.05 Å². The van der Waals surface area contributed by atoms with Crippen molar-refractivity contribution in [3.8, 4) is 11.8 Å². The summed E-state index contributed by atoms with van der Waals surface area (Å²) in [6.45, 7) is 1.66. The Kier molecular flexibility index (Phi) is 4.81. The van der Waals surface area contributed by atoms with Gasteiger partial charge in [0.25, 0.3) is 0 Å². The van der Waals surface area contributed by atoms with Gasteiger partial charge in [0, 0.05) is 13.1 Å². The van der Waals surface area contributed by atoms with Crippen molar-refractivity contribution in [1.82, 2.24) is 14.8 Å². The molecule has 0 fully saturated rings. The van der Waals surface area contributed by atoms with Crippen molar-refractivity contribution in [2.75, 3.05) is 17.7 Å². The summed E-state index contributed by atoms with van der Waals surface area (Å²) in [5.41, 5.74) is 0.840. The minimum atomic E-state index is -4.87. The molecule has 0 aliphatic rings. The van der Waals surface area contributed by atoms with Crippen molar-refractivity contribution in [2.45, 2.75) is 13.3 Å². The summed E-state index contributed by atoms with van der Waals surface area (Å²) in [4.78, 5) is 15.5. The number of urea groups is 1. The highest BCUT2D eigenvalue weighted by molar-refractivity contribution is 6.00. The van der Waals surface area contributed by atoms with E-state index in [4.69, 9.17) is 4.74 Å². The van der Waals surface area contributed by atoms with Crippen LogP contribution in [-0.2, 0) is 7.05 Å². The lowest BCUT2D eigenvalue weighted by atomic mass is 10.4. The van der Waals surface area contributed by atoms with E-state index in [1.165, 1.54) is 23.9 Å². The maximum atomic E-state index is 12.2. The Labute approximate surface area is 134 Å². The third kappa shape index (κ3) is 4.27. The van der Waals surface area contributed by atoms with Crippen LogP contribution in [0.2, 0.25) is 0 Å². The molecule has 2 N–H and O–H groups in total. The largest absolute Gasteiger partial charge is 0.574 e. The van der Waals surface area contributed by atoms with E-state index in [1.807, 2.05) is 0 Å². The van der Waals surface area contributed by atoms with Crippen molar-refractivity contribution < 1.29 is 27.4 Å². The van der Waals surface area contributed by atoms with E-state index in [0.29, 0.717) is 17.3 Å². The summed E-state index contributed by atoms with van der Waals surface area (Å²) >= 11 is 0. The van der Waals surface area contributed by atoms with Crippen LogP contribution in [0.25, 0.3) is 0 Å². The van der Waals surface area contributed by atoms with Gasteiger partial charge in [-0.1, -0.05) is 6.07 Å². The number of anilines is 2. The Morgan fingerprint density at radius 2 is 2.00 bits per heavy atom. The summed E-state index contributed by atoms with van der Waals surface area (Å²) in [5.74, 6) is -0.477. The predicted molar refractivity (Wildman–Crippen MR) is 78.1 cm³/mol. The van der Waals surface area contributed by atoms with E-state index in [9.17, 15) is 18.0 Å². The number of alkyl halides is 3. The molecular weight excluding hydrogens is 331 g/mol. The second-order valence-electron chi connectivity index (χ2n) is 4.58. The molecular formula is C13H14F3N5O3. The third-order valence-electron chi connectivity index (χ3n) is 2.79. The zero-order valence-electron chi connectivity index (χ0n) is 12.9. The van der Waals surface area contributed by atoms with Gasteiger partial charge in [-0.05, 0) is 13.0 Å². The molecule has 0 bridgehead atoms. The summed E-state index contributed by atoms with van der Waals surface area (Å²) in [6, 6.07) is 2.88. The molecule has 8 nitrogen and oxygen atoms in total.